The van der Waals surface area contributed by atoms with Gasteiger partial charge in [-0.15, -0.1) is 0 Å². The summed E-state index contributed by atoms with van der Waals surface area (Å²) in [5.41, 5.74) is 1.27. The van der Waals surface area contributed by atoms with E-state index in [2.05, 4.69) is 23.3 Å². The maximum absolute atomic E-state index is 5.59. The largest absolute Gasteiger partial charge is 0.469 e. The minimum absolute atomic E-state index is 0.570. The first kappa shape index (κ1) is 13.6. The van der Waals surface area contributed by atoms with Gasteiger partial charge in [-0.2, -0.15) is 0 Å². The summed E-state index contributed by atoms with van der Waals surface area (Å²) in [6.45, 7) is 5.75. The van der Waals surface area contributed by atoms with E-state index in [9.17, 15) is 0 Å². The second-order valence-corrected chi connectivity index (χ2v) is 5.22. The average molecular weight is 252 g/mol. The monoisotopic (exact) mass is 252 g/mol. The van der Waals surface area contributed by atoms with Crippen LogP contribution >= 0.6 is 0 Å². The molecule has 0 amide bonds. The van der Waals surface area contributed by atoms with E-state index in [4.69, 9.17) is 9.15 Å². The maximum atomic E-state index is 5.59. The van der Waals surface area contributed by atoms with Crippen LogP contribution in [0.3, 0.4) is 0 Å². The van der Waals surface area contributed by atoms with Gasteiger partial charge in [0.1, 0.15) is 5.76 Å². The molecule has 2 rings (SSSR count). The van der Waals surface area contributed by atoms with Crippen LogP contribution in [-0.2, 0) is 11.3 Å². The maximum Gasteiger partial charge on any atom is 0.105 e. The van der Waals surface area contributed by atoms with E-state index in [0.29, 0.717) is 12.0 Å². The third-order valence-electron chi connectivity index (χ3n) is 3.80. The van der Waals surface area contributed by atoms with Gasteiger partial charge in [-0.25, -0.2) is 0 Å². The minimum Gasteiger partial charge on any atom is -0.469 e. The lowest BCUT2D eigenvalue weighted by Crippen LogP contribution is -2.45. The van der Waals surface area contributed by atoms with Crippen molar-refractivity contribution in [2.24, 2.45) is 5.92 Å². The minimum atomic E-state index is 0.570. The van der Waals surface area contributed by atoms with Crippen LogP contribution in [0.2, 0.25) is 0 Å². The highest BCUT2D eigenvalue weighted by atomic mass is 16.5. The molecule has 1 N–H and O–H groups in total. The standard InChI is InChI=1S/C14H24N2O2/c1-11-12(4-7-18-11)8-16(3)9-13-10-17-6-5-14(13)15-2/h4,7,13-15H,5-6,8-10H2,1-3H3. The third kappa shape index (κ3) is 3.34. The SMILES string of the molecule is CNC1CCOCC1CN(C)Cc1ccoc1C. The number of hydrogen-bond donors (Lipinski definition) is 1. The van der Waals surface area contributed by atoms with Crippen LogP contribution in [0.15, 0.2) is 16.7 Å². The fourth-order valence-electron chi connectivity index (χ4n) is 2.69. The van der Waals surface area contributed by atoms with Gasteiger partial charge in [-0.05, 0) is 33.5 Å². The van der Waals surface area contributed by atoms with Crippen LogP contribution in [0.5, 0.6) is 0 Å². The molecule has 1 aromatic heterocycles. The van der Waals surface area contributed by atoms with Gasteiger partial charge in [-0.3, -0.25) is 0 Å². The number of ether oxygens (including phenoxy) is 1. The van der Waals surface area contributed by atoms with Crippen LogP contribution in [0.4, 0.5) is 0 Å². The Morgan fingerprint density at radius 2 is 2.33 bits per heavy atom. The number of furan rings is 1. The molecular formula is C14H24N2O2. The van der Waals surface area contributed by atoms with Crippen molar-refractivity contribution in [3.05, 3.63) is 23.7 Å². The summed E-state index contributed by atoms with van der Waals surface area (Å²) in [6.07, 6.45) is 2.87. The molecule has 0 aromatic carbocycles. The molecule has 4 nitrogen and oxygen atoms in total. The van der Waals surface area contributed by atoms with Crippen molar-refractivity contribution in [3.8, 4) is 0 Å². The van der Waals surface area contributed by atoms with Crippen molar-refractivity contribution in [1.29, 1.82) is 0 Å². The molecule has 0 aliphatic carbocycles. The van der Waals surface area contributed by atoms with E-state index >= 15 is 0 Å². The van der Waals surface area contributed by atoms with Crippen LogP contribution in [-0.4, -0.2) is 44.8 Å². The van der Waals surface area contributed by atoms with Gasteiger partial charge in [0.15, 0.2) is 0 Å². The molecule has 2 atom stereocenters. The zero-order chi connectivity index (χ0) is 13.0. The van der Waals surface area contributed by atoms with Gasteiger partial charge in [0.05, 0.1) is 12.9 Å². The summed E-state index contributed by atoms with van der Waals surface area (Å²) in [5.74, 6) is 1.59. The zero-order valence-electron chi connectivity index (χ0n) is 11.6. The van der Waals surface area contributed by atoms with E-state index in [0.717, 1.165) is 38.5 Å². The summed E-state index contributed by atoms with van der Waals surface area (Å²) < 4.78 is 10.9. The van der Waals surface area contributed by atoms with Crippen molar-refractivity contribution in [3.63, 3.8) is 0 Å². The normalized spacial score (nSPS) is 24.7. The lowest BCUT2D eigenvalue weighted by molar-refractivity contribution is 0.0207. The molecule has 102 valence electrons. The zero-order valence-corrected chi connectivity index (χ0v) is 11.6. The van der Waals surface area contributed by atoms with Crippen LogP contribution in [0.1, 0.15) is 17.7 Å². The predicted molar refractivity (Wildman–Crippen MR) is 71.6 cm³/mol. The number of hydrogen-bond acceptors (Lipinski definition) is 4. The number of nitrogens with zero attached hydrogens (tertiary/aromatic N) is 1. The van der Waals surface area contributed by atoms with E-state index < -0.39 is 0 Å². The van der Waals surface area contributed by atoms with E-state index in [-0.39, 0.29) is 0 Å². The summed E-state index contributed by atoms with van der Waals surface area (Å²) in [4.78, 5) is 2.35. The van der Waals surface area contributed by atoms with Gasteiger partial charge < -0.3 is 19.4 Å². The van der Waals surface area contributed by atoms with Gasteiger partial charge in [0, 0.05) is 37.2 Å². The van der Waals surface area contributed by atoms with Crippen molar-refractivity contribution < 1.29 is 9.15 Å². The third-order valence-corrected chi connectivity index (χ3v) is 3.80. The molecule has 0 bridgehead atoms. The topological polar surface area (TPSA) is 37.6 Å². The molecule has 2 unspecified atom stereocenters. The average Bonchev–Trinajstić information content (AvgIpc) is 2.75. The predicted octanol–water partition coefficient (Wildman–Crippen LogP) is 1.64. The van der Waals surface area contributed by atoms with Gasteiger partial charge >= 0.3 is 0 Å². The van der Waals surface area contributed by atoms with Gasteiger partial charge in [-0.1, -0.05) is 0 Å². The molecule has 1 aliphatic heterocycles. The van der Waals surface area contributed by atoms with Crippen molar-refractivity contribution >= 4 is 0 Å². The van der Waals surface area contributed by atoms with E-state index in [1.807, 2.05) is 14.0 Å². The summed E-state index contributed by atoms with van der Waals surface area (Å²) in [6, 6.07) is 2.63. The highest BCUT2D eigenvalue weighted by Gasteiger charge is 2.25. The smallest absolute Gasteiger partial charge is 0.105 e. The summed E-state index contributed by atoms with van der Waals surface area (Å²) >= 11 is 0. The number of rotatable bonds is 5. The Morgan fingerprint density at radius 1 is 1.50 bits per heavy atom. The second kappa shape index (κ2) is 6.36. The molecule has 1 aliphatic rings. The molecule has 18 heavy (non-hydrogen) atoms. The van der Waals surface area contributed by atoms with Gasteiger partial charge in [0.25, 0.3) is 0 Å². The van der Waals surface area contributed by atoms with Crippen LogP contribution < -0.4 is 5.32 Å². The van der Waals surface area contributed by atoms with E-state index in [1.165, 1.54) is 5.56 Å². The fourth-order valence-corrected chi connectivity index (χ4v) is 2.69. The Hall–Kier alpha value is -0.840. The Balaban J connectivity index is 1.86. The summed E-state index contributed by atoms with van der Waals surface area (Å²) in [7, 11) is 4.21. The van der Waals surface area contributed by atoms with Crippen LogP contribution in [0.25, 0.3) is 0 Å². The number of aryl methyl sites for hydroxylation is 1. The number of nitrogens with one attached hydrogen (secondary N) is 1. The van der Waals surface area contributed by atoms with Crippen molar-refractivity contribution in [1.82, 2.24) is 10.2 Å². The first-order valence-electron chi connectivity index (χ1n) is 6.67. The lowest BCUT2D eigenvalue weighted by atomic mass is 9.95. The van der Waals surface area contributed by atoms with E-state index in [1.54, 1.807) is 6.26 Å². The summed E-state index contributed by atoms with van der Waals surface area (Å²) in [5, 5.41) is 3.40. The quantitative estimate of drug-likeness (QED) is 0.864. The molecular weight excluding hydrogens is 228 g/mol. The molecule has 1 saturated heterocycles. The second-order valence-electron chi connectivity index (χ2n) is 5.22. The lowest BCUT2D eigenvalue weighted by Gasteiger charge is -2.34. The molecule has 2 heterocycles. The molecule has 0 saturated carbocycles. The first-order chi connectivity index (χ1) is 8.70. The molecule has 0 radical (unpaired) electrons. The Labute approximate surface area is 109 Å². The molecule has 4 heteroatoms. The Kier molecular flexibility index (Phi) is 4.80. The molecule has 0 spiro atoms. The van der Waals surface area contributed by atoms with Crippen LogP contribution in [0, 0.1) is 12.8 Å². The molecule has 1 fully saturated rings. The van der Waals surface area contributed by atoms with Crippen molar-refractivity contribution in [2.75, 3.05) is 33.9 Å². The Bertz CT molecular complexity index is 364. The first-order valence-corrected chi connectivity index (χ1v) is 6.67. The van der Waals surface area contributed by atoms with Gasteiger partial charge in [0.2, 0.25) is 0 Å². The highest BCUT2D eigenvalue weighted by Crippen LogP contribution is 2.17. The highest BCUT2D eigenvalue weighted by molar-refractivity contribution is 5.15. The molecule has 1 aromatic rings. The Morgan fingerprint density at radius 3 is 3.00 bits per heavy atom. The fraction of sp³-hybridized carbons (Fsp3) is 0.714. The van der Waals surface area contributed by atoms with Crippen molar-refractivity contribution in [2.45, 2.75) is 25.9 Å².